The summed E-state index contributed by atoms with van der Waals surface area (Å²) in [5.41, 5.74) is -0.990. The number of carboxylic acid groups (broad SMARTS) is 1. The summed E-state index contributed by atoms with van der Waals surface area (Å²) in [6, 6.07) is 4.99. The monoisotopic (exact) mass is 557 g/mol. The molecule has 0 fully saturated rings. The Labute approximate surface area is 193 Å². The third-order valence-electron chi connectivity index (χ3n) is 3.95. The molecule has 178 valence electrons. The Morgan fingerprint density at radius 3 is 1.97 bits per heavy atom. The number of alkyl carbamates (subject to hydrolysis) is 1. The van der Waals surface area contributed by atoms with Crippen LogP contribution < -0.4 is 8.90 Å². The zero-order chi connectivity index (χ0) is 25.1. The molecule has 0 heterocycles. The first kappa shape index (κ1) is 27.7. The number of nitrogens with one attached hydrogen (secondary N) is 2. The molecule has 1 aromatic carbocycles. The van der Waals surface area contributed by atoms with Gasteiger partial charge in [-0.3, -0.25) is 0 Å². The second-order valence-electron chi connectivity index (χ2n) is 10.5. The number of aromatic carboxylic acids is 1. The number of hydrogen-bond acceptors (Lipinski definition) is 6. The zero-order valence-corrected chi connectivity index (χ0v) is 23.2. The summed E-state index contributed by atoms with van der Waals surface area (Å²) in [5.74, 6) is -1.61. The van der Waals surface area contributed by atoms with Crippen LogP contribution in [0.25, 0.3) is 0 Å². The van der Waals surface area contributed by atoms with E-state index in [0.717, 1.165) is 8.48 Å². The SMILES string of the molecule is CC(C)(C)OC(=O)NC(=N)N(Cc1cc(C(=O)O)c[c]([Sn]([CH3])([CH3])[CH3])c1)C(=O)OC(C)(C)C. The van der Waals surface area contributed by atoms with Crippen molar-refractivity contribution < 1.29 is 29.0 Å². The van der Waals surface area contributed by atoms with Gasteiger partial charge in [0.25, 0.3) is 0 Å². The molecule has 0 unspecified atom stereocenters. The third-order valence-corrected chi connectivity index (χ3v) is 9.72. The second-order valence-corrected chi connectivity index (χ2v) is 25.0. The summed E-state index contributed by atoms with van der Waals surface area (Å²) < 4.78 is 11.5. The van der Waals surface area contributed by atoms with E-state index in [0.29, 0.717) is 5.56 Å². The van der Waals surface area contributed by atoms with E-state index in [9.17, 15) is 19.5 Å². The van der Waals surface area contributed by atoms with E-state index in [-0.39, 0.29) is 12.1 Å². The summed E-state index contributed by atoms with van der Waals surface area (Å²) in [6.45, 7) is 9.94. The molecule has 2 amide bonds. The minimum absolute atomic E-state index is 0.111. The fourth-order valence-corrected chi connectivity index (χ4v) is 5.99. The normalized spacial score (nSPS) is 12.0. The van der Waals surface area contributed by atoms with E-state index in [2.05, 4.69) is 20.1 Å². The molecule has 0 saturated carbocycles. The van der Waals surface area contributed by atoms with Crippen LogP contribution in [0.2, 0.25) is 14.8 Å². The van der Waals surface area contributed by atoms with Gasteiger partial charge in [0.2, 0.25) is 0 Å². The van der Waals surface area contributed by atoms with Crippen LogP contribution in [0.5, 0.6) is 0 Å². The van der Waals surface area contributed by atoms with Crippen molar-refractivity contribution in [2.75, 3.05) is 0 Å². The molecular formula is C22H35N3O6Sn. The van der Waals surface area contributed by atoms with Crippen LogP contribution in [0.1, 0.15) is 57.5 Å². The molecule has 0 atom stereocenters. The van der Waals surface area contributed by atoms with Crippen LogP contribution in [0.3, 0.4) is 0 Å². The van der Waals surface area contributed by atoms with Gasteiger partial charge in [-0.05, 0) is 0 Å². The van der Waals surface area contributed by atoms with Gasteiger partial charge in [-0.1, -0.05) is 0 Å². The molecule has 0 aliphatic rings. The van der Waals surface area contributed by atoms with Gasteiger partial charge in [-0.25, -0.2) is 0 Å². The van der Waals surface area contributed by atoms with Crippen molar-refractivity contribution in [3.8, 4) is 0 Å². The predicted octanol–water partition coefficient (Wildman–Crippen LogP) is 4.13. The fourth-order valence-electron chi connectivity index (χ4n) is 2.54. The van der Waals surface area contributed by atoms with E-state index in [1.165, 1.54) is 6.07 Å². The number of carbonyl (C=O) groups excluding carboxylic acids is 2. The average Bonchev–Trinajstić information content (AvgIpc) is 2.54. The van der Waals surface area contributed by atoms with Gasteiger partial charge in [0.05, 0.1) is 0 Å². The molecule has 3 N–H and O–H groups in total. The maximum absolute atomic E-state index is 12.8. The van der Waals surface area contributed by atoms with Gasteiger partial charge in [0.15, 0.2) is 0 Å². The first-order chi connectivity index (χ1) is 14.3. The molecule has 0 aromatic heterocycles. The number of ether oxygens (including phenoxy) is 2. The third kappa shape index (κ3) is 9.45. The quantitative estimate of drug-likeness (QED) is 0.291. The van der Waals surface area contributed by atoms with E-state index in [1.807, 2.05) is 6.07 Å². The van der Waals surface area contributed by atoms with Crippen molar-refractivity contribution in [3.63, 3.8) is 0 Å². The van der Waals surface area contributed by atoms with Crippen molar-refractivity contribution >= 4 is 46.1 Å². The van der Waals surface area contributed by atoms with Crippen LogP contribution in [-0.4, -0.2) is 63.7 Å². The van der Waals surface area contributed by atoms with Gasteiger partial charge in [-0.2, -0.15) is 0 Å². The van der Waals surface area contributed by atoms with Crippen molar-refractivity contribution in [1.29, 1.82) is 5.41 Å². The number of carboxylic acids is 1. The molecule has 32 heavy (non-hydrogen) atoms. The average molecular weight is 556 g/mol. The molecule has 0 saturated heterocycles. The first-order valence-corrected chi connectivity index (χ1v) is 20.2. The predicted molar refractivity (Wildman–Crippen MR) is 125 cm³/mol. The van der Waals surface area contributed by atoms with E-state index in [4.69, 9.17) is 14.9 Å². The Hall–Kier alpha value is -2.30. The second kappa shape index (κ2) is 10.1. The Balaban J connectivity index is 3.33. The van der Waals surface area contributed by atoms with Crippen LogP contribution >= 0.6 is 0 Å². The minimum atomic E-state index is -2.66. The van der Waals surface area contributed by atoms with Gasteiger partial charge >= 0.3 is 194 Å². The van der Waals surface area contributed by atoms with E-state index in [1.54, 1.807) is 47.6 Å². The zero-order valence-electron chi connectivity index (χ0n) is 20.4. The molecule has 0 aliphatic heterocycles. The Morgan fingerprint density at radius 2 is 1.53 bits per heavy atom. The topological polar surface area (TPSA) is 129 Å². The van der Waals surface area contributed by atoms with Gasteiger partial charge in [-0.15, -0.1) is 0 Å². The Bertz CT molecular complexity index is 894. The summed E-state index contributed by atoms with van der Waals surface area (Å²) in [6.07, 6.45) is -1.73. The van der Waals surface area contributed by atoms with Crippen LogP contribution in [0.15, 0.2) is 18.2 Å². The van der Waals surface area contributed by atoms with E-state index < -0.39 is 53.7 Å². The number of carbonyl (C=O) groups is 3. The van der Waals surface area contributed by atoms with Gasteiger partial charge < -0.3 is 0 Å². The number of nitrogens with zero attached hydrogens (tertiary/aromatic N) is 1. The van der Waals surface area contributed by atoms with Crippen LogP contribution in [0, 0.1) is 5.41 Å². The summed E-state index contributed by atoms with van der Waals surface area (Å²) in [5, 5.41) is 20.1. The molecule has 1 aromatic rings. The van der Waals surface area contributed by atoms with E-state index >= 15 is 0 Å². The number of amides is 2. The van der Waals surface area contributed by atoms with Crippen LogP contribution in [-0.2, 0) is 16.0 Å². The molecule has 0 aliphatic carbocycles. The molecule has 9 nitrogen and oxygen atoms in total. The van der Waals surface area contributed by atoms with Crippen molar-refractivity contribution in [2.45, 2.75) is 74.1 Å². The van der Waals surface area contributed by atoms with Crippen molar-refractivity contribution in [1.82, 2.24) is 10.2 Å². The standard InChI is InChI=1S/C19H26N3O6.3CH3.Sn/c1-18(2,3)27-16(25)21-15(20)22(17(26)28-19(4,5)6)11-12-8-7-9-13(10-12)14(23)24;;;;/h8-10H,11H2,1-6H3,(H,23,24)(H2,20,21,25);3*1H3;. The van der Waals surface area contributed by atoms with Crippen molar-refractivity contribution in [3.05, 3.63) is 29.3 Å². The summed E-state index contributed by atoms with van der Waals surface area (Å²) in [7, 11) is 0. The summed E-state index contributed by atoms with van der Waals surface area (Å²) in [4.78, 5) is 44.0. The molecule has 0 bridgehead atoms. The van der Waals surface area contributed by atoms with Crippen LogP contribution in [0.4, 0.5) is 9.59 Å². The number of hydrogen-bond donors (Lipinski definition) is 3. The fraction of sp³-hybridized carbons (Fsp3) is 0.545. The molecule has 0 spiro atoms. The Kier molecular flexibility index (Phi) is 8.75. The summed E-state index contributed by atoms with van der Waals surface area (Å²) >= 11 is -2.66. The first-order valence-electron chi connectivity index (χ1n) is 10.3. The number of rotatable bonds is 4. The molecular weight excluding hydrogens is 521 g/mol. The number of benzene rings is 1. The molecule has 1 rings (SSSR count). The molecule has 10 heteroatoms. The van der Waals surface area contributed by atoms with Gasteiger partial charge in [0, 0.05) is 0 Å². The van der Waals surface area contributed by atoms with Gasteiger partial charge in [0.1, 0.15) is 0 Å². The molecule has 0 radical (unpaired) electrons. The van der Waals surface area contributed by atoms with Crippen molar-refractivity contribution in [2.24, 2.45) is 0 Å². The maximum atomic E-state index is 12.8. The number of guanidine groups is 1. The Morgan fingerprint density at radius 1 is 1.00 bits per heavy atom.